The molecular weight excluding hydrogens is 290 g/mol. The Labute approximate surface area is 135 Å². The summed E-state index contributed by atoms with van der Waals surface area (Å²) in [5.74, 6) is -0.875. The van der Waals surface area contributed by atoms with Crippen molar-refractivity contribution in [3.63, 3.8) is 0 Å². The first-order valence-electron chi connectivity index (χ1n) is 7.19. The number of amides is 2. The molecule has 0 unspecified atom stereocenters. The molecule has 2 aromatic rings. The molecule has 0 aromatic heterocycles. The molecule has 0 spiro atoms. The average molecular weight is 309 g/mol. The third-order valence-electron chi connectivity index (χ3n) is 3.53. The predicted octanol–water partition coefficient (Wildman–Crippen LogP) is 2.47. The Kier molecular flexibility index (Phi) is 4.91. The van der Waals surface area contributed by atoms with Crippen LogP contribution in [0.1, 0.15) is 43.0 Å². The van der Waals surface area contributed by atoms with Gasteiger partial charge in [0.2, 0.25) is 5.91 Å². The second kappa shape index (κ2) is 6.87. The molecule has 118 valence electrons. The van der Waals surface area contributed by atoms with E-state index in [2.05, 4.69) is 22.7 Å². The number of nitrogens with two attached hydrogens (primary N) is 1. The van der Waals surface area contributed by atoms with Crippen molar-refractivity contribution in [3.05, 3.63) is 69.8 Å². The molecule has 5 heteroatoms. The summed E-state index contributed by atoms with van der Waals surface area (Å²) in [7, 11) is 0. The Hall–Kier alpha value is -2.95. The lowest BCUT2D eigenvalue weighted by Crippen LogP contribution is -2.18. The molecular formula is C18H19N3O2. The topological polar surface area (TPSA) is 84.6 Å². The van der Waals surface area contributed by atoms with Crippen molar-refractivity contribution < 1.29 is 9.59 Å². The fraction of sp³-hybridized carbons (Fsp3) is 0.167. The number of nitrogens with one attached hydrogen (secondary N) is 1. The smallest absolute Gasteiger partial charge is 0.271 e. The third kappa shape index (κ3) is 4.03. The van der Waals surface area contributed by atoms with Crippen LogP contribution in [-0.2, 0) is 0 Å². The van der Waals surface area contributed by atoms with Gasteiger partial charge in [0, 0.05) is 16.7 Å². The standard InChI is InChI=1S/C18H19N3O2/c1-11-8-12(2)16(13(3)9-11)10-20-21-18(23)15-6-4-14(5-7-15)17(19)22/h4-10H,1-3H3,(H2,19,22)(H,21,23)/b20-10-. The monoisotopic (exact) mass is 309 g/mol. The van der Waals surface area contributed by atoms with Crippen LogP contribution in [0.2, 0.25) is 0 Å². The quantitative estimate of drug-likeness (QED) is 0.671. The van der Waals surface area contributed by atoms with Gasteiger partial charge in [0.05, 0.1) is 6.21 Å². The van der Waals surface area contributed by atoms with E-state index in [-0.39, 0.29) is 5.91 Å². The van der Waals surface area contributed by atoms with Crippen molar-refractivity contribution in [2.75, 3.05) is 0 Å². The highest BCUT2D eigenvalue weighted by Gasteiger charge is 2.06. The lowest BCUT2D eigenvalue weighted by atomic mass is 10.0. The van der Waals surface area contributed by atoms with Crippen molar-refractivity contribution in [1.29, 1.82) is 0 Å². The summed E-state index contributed by atoms with van der Waals surface area (Å²) >= 11 is 0. The van der Waals surface area contributed by atoms with Gasteiger partial charge >= 0.3 is 0 Å². The van der Waals surface area contributed by atoms with E-state index in [1.165, 1.54) is 29.8 Å². The Morgan fingerprint density at radius 3 is 2.04 bits per heavy atom. The van der Waals surface area contributed by atoms with Gasteiger partial charge < -0.3 is 5.73 Å². The SMILES string of the molecule is Cc1cc(C)c(/C=N\NC(=O)c2ccc(C(N)=O)cc2)c(C)c1. The van der Waals surface area contributed by atoms with Gasteiger partial charge in [-0.1, -0.05) is 17.7 Å². The first-order chi connectivity index (χ1) is 10.9. The molecule has 0 radical (unpaired) electrons. The Morgan fingerprint density at radius 2 is 1.52 bits per heavy atom. The molecule has 3 N–H and O–H groups in total. The van der Waals surface area contributed by atoms with E-state index in [1.54, 1.807) is 6.21 Å². The summed E-state index contributed by atoms with van der Waals surface area (Å²) in [6.45, 7) is 6.05. The molecule has 0 fully saturated rings. The fourth-order valence-corrected chi connectivity index (χ4v) is 2.40. The first-order valence-corrected chi connectivity index (χ1v) is 7.19. The molecule has 0 aliphatic heterocycles. The third-order valence-corrected chi connectivity index (χ3v) is 3.53. The van der Waals surface area contributed by atoms with Gasteiger partial charge in [0.1, 0.15) is 0 Å². The number of hydrogen-bond donors (Lipinski definition) is 2. The van der Waals surface area contributed by atoms with Crippen LogP contribution in [-0.4, -0.2) is 18.0 Å². The fourth-order valence-electron chi connectivity index (χ4n) is 2.40. The van der Waals surface area contributed by atoms with E-state index >= 15 is 0 Å². The van der Waals surface area contributed by atoms with Gasteiger partial charge in [-0.25, -0.2) is 5.43 Å². The minimum absolute atomic E-state index is 0.348. The van der Waals surface area contributed by atoms with Crippen LogP contribution in [0.25, 0.3) is 0 Å². The van der Waals surface area contributed by atoms with Crippen molar-refractivity contribution in [2.24, 2.45) is 10.8 Å². The second-order valence-corrected chi connectivity index (χ2v) is 5.45. The number of aryl methyl sites for hydroxylation is 3. The lowest BCUT2D eigenvalue weighted by molar-refractivity contribution is 0.0952. The van der Waals surface area contributed by atoms with Gasteiger partial charge in [-0.2, -0.15) is 5.10 Å². The molecule has 23 heavy (non-hydrogen) atoms. The number of rotatable bonds is 4. The zero-order chi connectivity index (χ0) is 17.0. The maximum atomic E-state index is 12.0. The number of nitrogens with zero attached hydrogens (tertiary/aromatic N) is 1. The van der Waals surface area contributed by atoms with E-state index < -0.39 is 5.91 Å². The van der Waals surface area contributed by atoms with Gasteiger partial charge in [-0.05, 0) is 56.2 Å². The Balaban J connectivity index is 2.08. The number of benzene rings is 2. The van der Waals surface area contributed by atoms with Gasteiger partial charge in [-0.3, -0.25) is 9.59 Å². The molecule has 0 atom stereocenters. The molecule has 2 rings (SSSR count). The average Bonchev–Trinajstić information content (AvgIpc) is 2.49. The zero-order valence-corrected chi connectivity index (χ0v) is 13.4. The summed E-state index contributed by atoms with van der Waals surface area (Å²) in [4.78, 5) is 23.0. The molecule has 2 aromatic carbocycles. The van der Waals surface area contributed by atoms with E-state index in [0.29, 0.717) is 11.1 Å². The van der Waals surface area contributed by atoms with Crippen LogP contribution in [0.5, 0.6) is 0 Å². The molecule has 0 heterocycles. The van der Waals surface area contributed by atoms with Crippen LogP contribution in [0, 0.1) is 20.8 Å². The summed E-state index contributed by atoms with van der Waals surface area (Å²) in [6.07, 6.45) is 1.64. The molecule has 2 amide bonds. The molecule has 0 aliphatic rings. The molecule has 0 saturated carbocycles. The van der Waals surface area contributed by atoms with Gasteiger partial charge in [0.15, 0.2) is 0 Å². The summed E-state index contributed by atoms with van der Waals surface area (Å²) in [5.41, 5.74) is 12.8. The highest BCUT2D eigenvalue weighted by atomic mass is 16.2. The Morgan fingerprint density at radius 1 is 1.00 bits per heavy atom. The molecule has 0 bridgehead atoms. The first kappa shape index (κ1) is 16.4. The van der Waals surface area contributed by atoms with Crippen LogP contribution >= 0.6 is 0 Å². The maximum absolute atomic E-state index is 12.0. The van der Waals surface area contributed by atoms with Gasteiger partial charge in [0.25, 0.3) is 5.91 Å². The second-order valence-electron chi connectivity index (χ2n) is 5.45. The van der Waals surface area contributed by atoms with Crippen molar-refractivity contribution in [2.45, 2.75) is 20.8 Å². The minimum atomic E-state index is -0.527. The number of primary amides is 1. The van der Waals surface area contributed by atoms with Gasteiger partial charge in [-0.15, -0.1) is 0 Å². The van der Waals surface area contributed by atoms with Crippen LogP contribution in [0.3, 0.4) is 0 Å². The number of hydrazone groups is 1. The minimum Gasteiger partial charge on any atom is -0.366 e. The van der Waals surface area contributed by atoms with E-state index in [9.17, 15) is 9.59 Å². The van der Waals surface area contributed by atoms with Crippen molar-refractivity contribution in [3.8, 4) is 0 Å². The highest BCUT2D eigenvalue weighted by Crippen LogP contribution is 2.14. The summed E-state index contributed by atoms with van der Waals surface area (Å²) < 4.78 is 0. The molecule has 5 nitrogen and oxygen atoms in total. The summed E-state index contributed by atoms with van der Waals surface area (Å²) in [5, 5.41) is 4.01. The molecule has 0 aliphatic carbocycles. The maximum Gasteiger partial charge on any atom is 0.271 e. The van der Waals surface area contributed by atoms with Crippen molar-refractivity contribution in [1.82, 2.24) is 5.43 Å². The molecule has 0 saturated heterocycles. The van der Waals surface area contributed by atoms with E-state index in [0.717, 1.165) is 16.7 Å². The van der Waals surface area contributed by atoms with Crippen molar-refractivity contribution >= 4 is 18.0 Å². The van der Waals surface area contributed by atoms with E-state index in [4.69, 9.17) is 5.73 Å². The number of hydrogen-bond acceptors (Lipinski definition) is 3. The number of carbonyl (C=O) groups excluding carboxylic acids is 2. The Bertz CT molecular complexity index is 754. The van der Waals surface area contributed by atoms with Crippen LogP contribution in [0.15, 0.2) is 41.5 Å². The highest BCUT2D eigenvalue weighted by molar-refractivity contribution is 5.97. The normalized spacial score (nSPS) is 10.7. The summed E-state index contributed by atoms with van der Waals surface area (Å²) in [6, 6.07) is 10.2. The lowest BCUT2D eigenvalue weighted by Gasteiger charge is -2.06. The zero-order valence-electron chi connectivity index (χ0n) is 13.4. The number of carbonyl (C=O) groups is 2. The predicted molar refractivity (Wildman–Crippen MR) is 90.7 cm³/mol. The van der Waals surface area contributed by atoms with Crippen LogP contribution in [0.4, 0.5) is 0 Å². The van der Waals surface area contributed by atoms with Crippen LogP contribution < -0.4 is 11.2 Å². The van der Waals surface area contributed by atoms with E-state index in [1.807, 2.05) is 20.8 Å². The largest absolute Gasteiger partial charge is 0.366 e.